The summed E-state index contributed by atoms with van der Waals surface area (Å²) >= 11 is 0. The Bertz CT molecular complexity index is 156. The van der Waals surface area contributed by atoms with E-state index < -0.39 is 10.0 Å². The molecule has 1 rings (SSSR count). The average molecular weight is 120 g/mol. The van der Waals surface area contributed by atoms with Crippen LogP contribution >= 0.6 is 0 Å². The van der Waals surface area contributed by atoms with Gasteiger partial charge in [-0.1, -0.05) is 0 Å². The minimum atomic E-state index is -3.21. The SMILES string of the molecule is NS(=O)(=O)[C]1CC1. The number of nitrogens with two attached hydrogens (primary N) is 1. The number of primary sulfonamides is 1. The van der Waals surface area contributed by atoms with Crippen LogP contribution in [-0.2, 0) is 10.0 Å². The molecule has 0 aliphatic heterocycles. The summed E-state index contributed by atoms with van der Waals surface area (Å²) in [7, 11) is -3.21. The molecule has 0 saturated heterocycles. The zero-order valence-corrected chi connectivity index (χ0v) is 4.53. The smallest absolute Gasteiger partial charge is 0.216 e. The zero-order valence-electron chi connectivity index (χ0n) is 3.72. The Morgan fingerprint density at radius 1 is 1.43 bits per heavy atom. The van der Waals surface area contributed by atoms with E-state index in [0.717, 1.165) is 0 Å². The van der Waals surface area contributed by atoms with Crippen LogP contribution in [0, 0.1) is 5.25 Å². The van der Waals surface area contributed by atoms with E-state index in [1.165, 1.54) is 0 Å². The summed E-state index contributed by atoms with van der Waals surface area (Å²) in [5.41, 5.74) is 0. The van der Waals surface area contributed by atoms with E-state index in [0.29, 0.717) is 18.1 Å². The molecule has 1 aliphatic rings. The van der Waals surface area contributed by atoms with Gasteiger partial charge in [0.15, 0.2) is 0 Å². The van der Waals surface area contributed by atoms with Crippen molar-refractivity contribution in [3.63, 3.8) is 0 Å². The largest absolute Gasteiger partial charge is 0.228 e. The van der Waals surface area contributed by atoms with Gasteiger partial charge in [-0.3, -0.25) is 0 Å². The second-order valence-corrected chi connectivity index (χ2v) is 3.25. The summed E-state index contributed by atoms with van der Waals surface area (Å²) in [4.78, 5) is 0. The van der Waals surface area contributed by atoms with Gasteiger partial charge in [0, 0.05) is 0 Å². The normalized spacial score (nSPS) is 22.4. The fourth-order valence-corrected chi connectivity index (χ4v) is 1.01. The van der Waals surface area contributed by atoms with E-state index in [2.05, 4.69) is 5.14 Å². The minimum Gasteiger partial charge on any atom is -0.228 e. The Morgan fingerprint density at radius 2 is 1.86 bits per heavy atom. The molecular weight excluding hydrogens is 114 g/mol. The highest BCUT2D eigenvalue weighted by atomic mass is 32.2. The quantitative estimate of drug-likeness (QED) is 0.512. The maximum absolute atomic E-state index is 10.1. The average Bonchev–Trinajstić information content (AvgIpc) is 1.99. The molecule has 7 heavy (non-hydrogen) atoms. The van der Waals surface area contributed by atoms with Crippen molar-refractivity contribution in [1.82, 2.24) is 0 Å². The first-order valence-corrected chi connectivity index (χ1v) is 3.53. The maximum Gasteiger partial charge on any atom is 0.216 e. The highest BCUT2D eigenvalue weighted by molar-refractivity contribution is 7.92. The topological polar surface area (TPSA) is 60.2 Å². The molecule has 41 valence electrons. The first-order chi connectivity index (χ1) is 3.11. The summed E-state index contributed by atoms with van der Waals surface area (Å²) in [5.74, 6) is 0. The van der Waals surface area contributed by atoms with Crippen molar-refractivity contribution in [3.05, 3.63) is 5.25 Å². The Morgan fingerprint density at radius 3 is 1.86 bits per heavy atom. The van der Waals surface area contributed by atoms with Gasteiger partial charge in [-0.2, -0.15) is 0 Å². The number of rotatable bonds is 1. The van der Waals surface area contributed by atoms with E-state index in [-0.39, 0.29) is 0 Å². The maximum atomic E-state index is 10.1. The monoisotopic (exact) mass is 120 g/mol. The lowest BCUT2D eigenvalue weighted by atomic mass is 11.0. The number of sulfonamides is 1. The summed E-state index contributed by atoms with van der Waals surface area (Å²) in [6.07, 6.45) is 1.36. The molecule has 0 aromatic rings. The molecule has 0 aromatic heterocycles. The van der Waals surface area contributed by atoms with Crippen LogP contribution in [0.1, 0.15) is 12.8 Å². The summed E-state index contributed by atoms with van der Waals surface area (Å²) in [6.45, 7) is 0. The van der Waals surface area contributed by atoms with E-state index >= 15 is 0 Å². The van der Waals surface area contributed by atoms with Crippen LogP contribution in [-0.4, -0.2) is 8.42 Å². The molecule has 0 atom stereocenters. The fraction of sp³-hybridized carbons (Fsp3) is 0.667. The third-order valence-corrected chi connectivity index (χ3v) is 2.07. The van der Waals surface area contributed by atoms with Crippen LogP contribution < -0.4 is 5.14 Å². The van der Waals surface area contributed by atoms with Crippen LogP contribution in [0.4, 0.5) is 0 Å². The number of hydrogen-bond acceptors (Lipinski definition) is 2. The second-order valence-electron chi connectivity index (χ2n) is 1.58. The van der Waals surface area contributed by atoms with Crippen molar-refractivity contribution in [2.75, 3.05) is 0 Å². The molecule has 0 unspecified atom stereocenters. The molecule has 0 aromatic carbocycles. The summed E-state index contributed by atoms with van der Waals surface area (Å²) < 4.78 is 20.3. The van der Waals surface area contributed by atoms with Crippen LogP contribution in [0.5, 0.6) is 0 Å². The van der Waals surface area contributed by atoms with Gasteiger partial charge in [-0.05, 0) is 12.8 Å². The number of hydrogen-bond donors (Lipinski definition) is 1. The van der Waals surface area contributed by atoms with Gasteiger partial charge in [0.1, 0.15) is 5.25 Å². The molecule has 1 saturated carbocycles. The molecule has 0 spiro atoms. The van der Waals surface area contributed by atoms with Crippen LogP contribution in [0.15, 0.2) is 0 Å². The lowest BCUT2D eigenvalue weighted by molar-refractivity contribution is 0.602. The molecular formula is C3H6NO2S. The molecule has 1 radical (unpaired) electrons. The molecule has 0 bridgehead atoms. The lowest BCUT2D eigenvalue weighted by Gasteiger charge is -1.83. The van der Waals surface area contributed by atoms with E-state index in [1.807, 2.05) is 0 Å². The Labute approximate surface area is 42.6 Å². The standard InChI is InChI=1S/C3H6NO2S/c4-7(5,6)3-1-2-3/h1-2H2,(H2,4,5,6). The van der Waals surface area contributed by atoms with Crippen molar-refractivity contribution in [2.24, 2.45) is 5.14 Å². The van der Waals surface area contributed by atoms with Gasteiger partial charge in [0.05, 0.1) is 0 Å². The van der Waals surface area contributed by atoms with Gasteiger partial charge in [-0.25, -0.2) is 13.6 Å². The van der Waals surface area contributed by atoms with Gasteiger partial charge < -0.3 is 0 Å². The molecule has 1 fully saturated rings. The Balaban J connectivity index is 2.71. The van der Waals surface area contributed by atoms with Crippen LogP contribution in [0.2, 0.25) is 0 Å². The summed E-state index contributed by atoms with van der Waals surface area (Å²) in [5, 5.41) is 5.17. The molecule has 3 nitrogen and oxygen atoms in total. The van der Waals surface area contributed by atoms with Gasteiger partial charge in [0.2, 0.25) is 10.0 Å². The molecule has 0 heterocycles. The first-order valence-electron chi connectivity index (χ1n) is 1.98. The van der Waals surface area contributed by atoms with Crippen molar-refractivity contribution in [2.45, 2.75) is 12.8 Å². The summed E-state index contributed by atoms with van der Waals surface area (Å²) in [6, 6.07) is 0. The minimum absolute atomic E-state index is 0.493. The molecule has 1 aliphatic carbocycles. The predicted octanol–water partition coefficient (Wildman–Crippen LogP) is -0.399. The van der Waals surface area contributed by atoms with E-state index in [4.69, 9.17) is 0 Å². The zero-order chi connectivity index (χ0) is 5.49. The molecule has 4 heteroatoms. The first kappa shape index (κ1) is 5.05. The van der Waals surface area contributed by atoms with Crippen LogP contribution in [0.3, 0.4) is 0 Å². The van der Waals surface area contributed by atoms with Gasteiger partial charge in [-0.15, -0.1) is 0 Å². The van der Waals surface area contributed by atoms with E-state index in [1.54, 1.807) is 0 Å². The second kappa shape index (κ2) is 1.20. The molecule has 2 N–H and O–H groups in total. The fourth-order valence-electron chi connectivity index (χ4n) is 0.336. The third kappa shape index (κ3) is 1.14. The lowest BCUT2D eigenvalue weighted by Crippen LogP contribution is -2.11. The van der Waals surface area contributed by atoms with E-state index in [9.17, 15) is 8.42 Å². The third-order valence-electron chi connectivity index (χ3n) is 0.856. The van der Waals surface area contributed by atoms with Crippen molar-refractivity contribution in [3.8, 4) is 0 Å². The highest BCUT2D eigenvalue weighted by Gasteiger charge is 2.33. The highest BCUT2D eigenvalue weighted by Crippen LogP contribution is 2.35. The Kier molecular flexibility index (Phi) is 0.864. The van der Waals surface area contributed by atoms with Gasteiger partial charge in [0.25, 0.3) is 0 Å². The Hall–Kier alpha value is -0.0900. The van der Waals surface area contributed by atoms with Crippen molar-refractivity contribution >= 4 is 10.0 Å². The van der Waals surface area contributed by atoms with Crippen LogP contribution in [0.25, 0.3) is 0 Å². The van der Waals surface area contributed by atoms with Gasteiger partial charge >= 0.3 is 0 Å². The van der Waals surface area contributed by atoms with Crippen molar-refractivity contribution in [1.29, 1.82) is 0 Å². The predicted molar refractivity (Wildman–Crippen MR) is 25.6 cm³/mol. The molecule has 0 amide bonds. The van der Waals surface area contributed by atoms with Crippen molar-refractivity contribution < 1.29 is 8.42 Å².